The highest BCUT2D eigenvalue weighted by atomic mass is 127. The first-order valence-corrected chi connectivity index (χ1v) is 9.70. The Labute approximate surface area is 195 Å². The van der Waals surface area contributed by atoms with Gasteiger partial charge in [0.15, 0.2) is 5.96 Å². The lowest BCUT2D eigenvalue weighted by molar-refractivity contribution is 0.0950. The number of rotatable bonds is 8. The molecule has 0 spiro atoms. The average molecular weight is 523 g/mol. The minimum Gasteiger partial charge on any atom is -0.356 e. The van der Waals surface area contributed by atoms with Crippen molar-refractivity contribution >= 4 is 41.8 Å². The Balaban J connectivity index is 0.00000450. The Hall–Kier alpha value is -2.62. The summed E-state index contributed by atoms with van der Waals surface area (Å²) in [6, 6.07) is 15.1. The summed E-state index contributed by atoms with van der Waals surface area (Å²) >= 11 is 0. The van der Waals surface area contributed by atoms with Gasteiger partial charge in [0.05, 0.1) is 0 Å². The molecule has 162 valence electrons. The second kappa shape index (κ2) is 13.6. The lowest BCUT2D eigenvalue weighted by atomic mass is 10.1. The van der Waals surface area contributed by atoms with Crippen molar-refractivity contribution < 1.29 is 9.59 Å². The van der Waals surface area contributed by atoms with Gasteiger partial charge in [-0.15, -0.1) is 24.0 Å². The number of nitrogens with zero attached hydrogens (tertiary/aromatic N) is 1. The van der Waals surface area contributed by atoms with Gasteiger partial charge in [-0.25, -0.2) is 0 Å². The van der Waals surface area contributed by atoms with Gasteiger partial charge >= 0.3 is 0 Å². The summed E-state index contributed by atoms with van der Waals surface area (Å²) in [5.74, 6) is 0.542. The lowest BCUT2D eigenvalue weighted by Crippen LogP contribution is -2.37. The molecular formula is C22H30IN5O2. The molecule has 0 bridgehead atoms. The van der Waals surface area contributed by atoms with Crippen LogP contribution in [0.15, 0.2) is 53.5 Å². The molecule has 0 aliphatic rings. The largest absolute Gasteiger partial charge is 0.356 e. The Kier molecular flexibility index (Phi) is 11.5. The number of hydrogen-bond acceptors (Lipinski definition) is 3. The molecule has 0 atom stereocenters. The molecule has 7 nitrogen and oxygen atoms in total. The molecule has 0 fully saturated rings. The van der Waals surface area contributed by atoms with Gasteiger partial charge in [-0.3, -0.25) is 14.6 Å². The summed E-state index contributed by atoms with van der Waals surface area (Å²) in [6.45, 7) is 3.79. The smallest absolute Gasteiger partial charge is 0.251 e. The molecule has 0 radical (unpaired) electrons. The molecule has 30 heavy (non-hydrogen) atoms. The maximum atomic E-state index is 11.8. The van der Waals surface area contributed by atoms with Crippen molar-refractivity contribution in [2.24, 2.45) is 4.99 Å². The number of aliphatic imine (C=N–C) groups is 1. The van der Waals surface area contributed by atoms with Crippen molar-refractivity contribution in [1.29, 1.82) is 0 Å². The summed E-state index contributed by atoms with van der Waals surface area (Å²) in [6.07, 6.45) is 0.771. The molecule has 0 heterocycles. The van der Waals surface area contributed by atoms with Crippen LogP contribution in [0.2, 0.25) is 0 Å². The third kappa shape index (κ3) is 8.02. The fourth-order valence-electron chi connectivity index (χ4n) is 2.78. The van der Waals surface area contributed by atoms with E-state index in [1.807, 2.05) is 49.4 Å². The first-order valence-electron chi connectivity index (χ1n) is 9.70. The van der Waals surface area contributed by atoms with Gasteiger partial charge in [-0.05, 0) is 48.7 Å². The lowest BCUT2D eigenvalue weighted by Gasteiger charge is -2.12. The van der Waals surface area contributed by atoms with Crippen LogP contribution in [-0.4, -0.2) is 45.0 Å². The third-order valence-corrected chi connectivity index (χ3v) is 4.36. The fourth-order valence-corrected chi connectivity index (χ4v) is 2.78. The zero-order valence-corrected chi connectivity index (χ0v) is 19.9. The van der Waals surface area contributed by atoms with Gasteiger partial charge in [-0.2, -0.15) is 0 Å². The van der Waals surface area contributed by atoms with Crippen LogP contribution in [0, 0.1) is 0 Å². The average Bonchev–Trinajstić information content (AvgIpc) is 2.76. The first-order chi connectivity index (χ1) is 14.1. The van der Waals surface area contributed by atoms with Crippen LogP contribution in [0.3, 0.4) is 0 Å². The Bertz CT molecular complexity index is 853. The number of guanidine groups is 1. The maximum absolute atomic E-state index is 11.8. The number of benzene rings is 2. The number of carbonyl (C=O) groups excluding carboxylic acids is 2. The van der Waals surface area contributed by atoms with Gasteiger partial charge in [-0.1, -0.05) is 24.3 Å². The molecule has 2 amide bonds. The summed E-state index contributed by atoms with van der Waals surface area (Å²) < 4.78 is 0. The van der Waals surface area contributed by atoms with Crippen LogP contribution in [0.4, 0.5) is 0 Å². The second-order valence-corrected chi connectivity index (χ2v) is 6.44. The number of amides is 2. The highest BCUT2D eigenvalue weighted by Gasteiger charge is 2.05. The molecule has 0 saturated carbocycles. The monoisotopic (exact) mass is 523 g/mol. The normalized spacial score (nSPS) is 10.6. The molecule has 4 N–H and O–H groups in total. The van der Waals surface area contributed by atoms with E-state index in [1.165, 1.54) is 0 Å². The van der Waals surface area contributed by atoms with Crippen molar-refractivity contribution in [1.82, 2.24) is 21.3 Å². The summed E-state index contributed by atoms with van der Waals surface area (Å²) in [5, 5.41) is 11.9. The van der Waals surface area contributed by atoms with Crippen LogP contribution in [0.1, 0.15) is 38.8 Å². The number of nitrogens with one attached hydrogen (secondary N) is 4. The second-order valence-electron chi connectivity index (χ2n) is 6.44. The Morgan fingerprint density at radius 3 is 2.27 bits per heavy atom. The van der Waals surface area contributed by atoms with Crippen LogP contribution in [0.5, 0.6) is 0 Å². The SMILES string of the molecule is CCNC(=O)c1ccc(CNC(=NC)NCCc2cccc(C(=O)NC)c2)cc1.I. The quantitative estimate of drug-likeness (QED) is 0.243. The van der Waals surface area contributed by atoms with E-state index < -0.39 is 0 Å². The van der Waals surface area contributed by atoms with E-state index in [0.717, 1.165) is 17.5 Å². The molecule has 0 unspecified atom stereocenters. The van der Waals surface area contributed by atoms with Gasteiger partial charge in [0.1, 0.15) is 0 Å². The zero-order chi connectivity index (χ0) is 21.1. The van der Waals surface area contributed by atoms with Crippen molar-refractivity contribution in [3.8, 4) is 0 Å². The van der Waals surface area contributed by atoms with E-state index in [-0.39, 0.29) is 35.8 Å². The molecule has 0 aliphatic heterocycles. The first kappa shape index (κ1) is 25.4. The van der Waals surface area contributed by atoms with Gasteiger partial charge in [0.2, 0.25) is 0 Å². The molecule has 2 aromatic carbocycles. The maximum Gasteiger partial charge on any atom is 0.251 e. The van der Waals surface area contributed by atoms with Gasteiger partial charge in [0, 0.05) is 44.9 Å². The van der Waals surface area contributed by atoms with Crippen LogP contribution >= 0.6 is 24.0 Å². The van der Waals surface area contributed by atoms with Gasteiger partial charge in [0.25, 0.3) is 11.8 Å². The summed E-state index contributed by atoms with van der Waals surface area (Å²) in [7, 11) is 3.35. The van der Waals surface area contributed by atoms with E-state index >= 15 is 0 Å². The third-order valence-electron chi connectivity index (χ3n) is 4.36. The Morgan fingerprint density at radius 1 is 0.900 bits per heavy atom. The van der Waals surface area contributed by atoms with Crippen molar-refractivity contribution in [3.63, 3.8) is 0 Å². The van der Waals surface area contributed by atoms with E-state index in [0.29, 0.717) is 36.7 Å². The number of halogens is 1. The standard InChI is InChI=1S/C22H29N5O2.HI/c1-4-25-21(29)18-10-8-17(9-11-18)15-27-22(24-3)26-13-12-16-6-5-7-19(14-16)20(28)23-2;/h5-11,14H,4,12-13,15H2,1-3H3,(H,23,28)(H,25,29)(H2,24,26,27);1H. The molecule has 0 aromatic heterocycles. The van der Waals surface area contributed by atoms with Crippen LogP contribution in [0.25, 0.3) is 0 Å². The molecule has 2 rings (SSSR count). The van der Waals surface area contributed by atoms with E-state index in [1.54, 1.807) is 20.2 Å². The molecular weight excluding hydrogens is 493 g/mol. The van der Waals surface area contributed by atoms with Crippen molar-refractivity contribution in [2.45, 2.75) is 19.9 Å². The minimum atomic E-state index is -0.0875. The highest BCUT2D eigenvalue weighted by Crippen LogP contribution is 2.06. The van der Waals surface area contributed by atoms with E-state index in [4.69, 9.17) is 0 Å². The van der Waals surface area contributed by atoms with Crippen molar-refractivity contribution in [3.05, 3.63) is 70.8 Å². The topological polar surface area (TPSA) is 94.6 Å². The predicted octanol–water partition coefficient (Wildman–Crippen LogP) is 2.32. The summed E-state index contributed by atoms with van der Waals surface area (Å²) in [4.78, 5) is 27.8. The minimum absolute atomic E-state index is 0. The van der Waals surface area contributed by atoms with Gasteiger partial charge < -0.3 is 21.3 Å². The number of carbonyl (C=O) groups is 2. The fraction of sp³-hybridized carbons (Fsp3) is 0.318. The molecule has 0 saturated heterocycles. The van der Waals surface area contributed by atoms with Crippen molar-refractivity contribution in [2.75, 3.05) is 27.2 Å². The Morgan fingerprint density at radius 2 is 1.63 bits per heavy atom. The molecule has 0 aliphatic carbocycles. The van der Waals surface area contributed by atoms with E-state index in [2.05, 4.69) is 26.3 Å². The number of hydrogen-bond donors (Lipinski definition) is 4. The van der Waals surface area contributed by atoms with Crippen LogP contribution < -0.4 is 21.3 Å². The molecule has 8 heteroatoms. The van der Waals surface area contributed by atoms with E-state index in [9.17, 15) is 9.59 Å². The summed E-state index contributed by atoms with van der Waals surface area (Å²) in [5.41, 5.74) is 3.44. The zero-order valence-electron chi connectivity index (χ0n) is 17.6. The highest BCUT2D eigenvalue weighted by molar-refractivity contribution is 14.0. The molecule has 2 aromatic rings. The predicted molar refractivity (Wildman–Crippen MR) is 132 cm³/mol. The van der Waals surface area contributed by atoms with Crippen LogP contribution in [-0.2, 0) is 13.0 Å².